The number of nitriles is 1. The molecule has 0 aliphatic rings. The molecule has 0 saturated heterocycles. The fraction of sp³-hybridized carbons (Fsp3) is 0. The Kier molecular flexibility index (Phi) is 3.58. The van der Waals surface area contributed by atoms with Crippen LogP contribution >= 0.6 is 24.0 Å². The summed E-state index contributed by atoms with van der Waals surface area (Å²) in [4.78, 5) is 0.937. The third kappa shape index (κ3) is 2.53. The maximum atomic E-state index is 8.37. The Bertz CT molecular complexity index is 300. The number of nitrogens with one attached hydrogen (secondary N) is 1. The Labute approximate surface area is 80.6 Å². The Morgan fingerprint density at radius 2 is 2.08 bits per heavy atom. The summed E-state index contributed by atoms with van der Waals surface area (Å²) in [7, 11) is 0. The third-order valence-corrected chi connectivity index (χ3v) is 1.96. The van der Waals surface area contributed by atoms with Gasteiger partial charge in [-0.1, -0.05) is 12.2 Å². The fourth-order valence-corrected chi connectivity index (χ4v) is 1.25. The molecule has 4 heteroatoms. The van der Waals surface area contributed by atoms with E-state index in [1.54, 1.807) is 0 Å². The lowest BCUT2D eigenvalue weighted by molar-refractivity contribution is 1.46. The molecule has 60 valence electrons. The molecule has 0 saturated carbocycles. The summed E-state index contributed by atoms with van der Waals surface area (Å²) in [5.74, 6) is 0. The number of anilines is 1. The number of thioether (sulfide) groups is 1. The molecule has 0 aliphatic heterocycles. The Morgan fingerprint density at radius 3 is 2.58 bits per heavy atom. The van der Waals surface area contributed by atoms with Gasteiger partial charge >= 0.3 is 0 Å². The summed E-state index contributed by atoms with van der Waals surface area (Å²) in [5, 5.41) is 13.2. The molecule has 0 fully saturated rings. The van der Waals surface area contributed by atoms with E-state index in [1.165, 1.54) is 5.49 Å². The van der Waals surface area contributed by atoms with Crippen molar-refractivity contribution in [2.75, 3.05) is 5.32 Å². The number of nitrogens with zero attached hydrogens (tertiary/aromatic N) is 1. The van der Waals surface area contributed by atoms with Crippen LogP contribution < -0.4 is 5.32 Å². The van der Waals surface area contributed by atoms with Crippen LogP contribution in [0, 0.1) is 10.7 Å². The van der Waals surface area contributed by atoms with E-state index in [-0.39, 0.29) is 0 Å². The molecule has 0 spiro atoms. The molecule has 0 radical (unpaired) electrons. The first-order valence-corrected chi connectivity index (χ1v) is 4.52. The minimum Gasteiger partial charge on any atom is -0.353 e. The van der Waals surface area contributed by atoms with E-state index in [9.17, 15) is 0 Å². The average Bonchev–Trinajstić information content (AvgIpc) is 2.09. The Morgan fingerprint density at radius 1 is 1.42 bits per heavy atom. The molecule has 1 aromatic carbocycles. The normalized spacial score (nSPS) is 8.58. The van der Waals surface area contributed by atoms with Crippen molar-refractivity contribution in [3.05, 3.63) is 24.3 Å². The Balaban J connectivity index is 2.72. The monoisotopic (exact) mass is 194 g/mol. The molecule has 1 N–H and O–H groups in total. The van der Waals surface area contributed by atoms with Crippen LogP contribution in [0.5, 0.6) is 0 Å². The summed E-state index contributed by atoms with van der Waals surface area (Å²) >= 11 is 5.77. The maximum Gasteiger partial charge on any atom is 0.138 e. The van der Waals surface area contributed by atoms with Crippen molar-refractivity contribution in [3.63, 3.8) is 0 Å². The van der Waals surface area contributed by atoms with E-state index < -0.39 is 0 Å². The van der Waals surface area contributed by atoms with Gasteiger partial charge in [0.1, 0.15) is 5.40 Å². The predicted octanol–water partition coefficient (Wildman–Crippen LogP) is 2.63. The van der Waals surface area contributed by atoms with Crippen LogP contribution in [-0.4, -0.2) is 5.49 Å². The zero-order valence-electron chi connectivity index (χ0n) is 6.15. The minimum absolute atomic E-state index is 0.937. The number of thiocyanates is 1. The fourth-order valence-electron chi connectivity index (χ4n) is 0.740. The van der Waals surface area contributed by atoms with Crippen molar-refractivity contribution in [1.29, 1.82) is 5.26 Å². The van der Waals surface area contributed by atoms with Crippen LogP contribution in [0.1, 0.15) is 0 Å². The number of rotatable bonds is 3. The highest BCUT2D eigenvalue weighted by atomic mass is 32.2. The molecule has 12 heavy (non-hydrogen) atoms. The van der Waals surface area contributed by atoms with Crippen molar-refractivity contribution < 1.29 is 0 Å². The first-order chi connectivity index (χ1) is 5.86. The first kappa shape index (κ1) is 9.04. The molecular weight excluding hydrogens is 188 g/mol. The third-order valence-electron chi connectivity index (χ3n) is 1.24. The smallest absolute Gasteiger partial charge is 0.138 e. The van der Waals surface area contributed by atoms with Crippen LogP contribution in [-0.2, 0) is 0 Å². The Hall–Kier alpha value is -1.05. The van der Waals surface area contributed by atoms with Crippen LogP contribution in [0.3, 0.4) is 0 Å². The molecule has 0 unspecified atom stereocenters. The number of thiocarbonyl (C=S) groups is 1. The van der Waals surface area contributed by atoms with Crippen molar-refractivity contribution in [2.24, 2.45) is 0 Å². The van der Waals surface area contributed by atoms with Crippen molar-refractivity contribution in [2.45, 2.75) is 4.90 Å². The molecule has 0 atom stereocenters. The average molecular weight is 194 g/mol. The topological polar surface area (TPSA) is 35.8 Å². The van der Waals surface area contributed by atoms with Gasteiger partial charge in [-0.25, -0.2) is 0 Å². The van der Waals surface area contributed by atoms with Crippen LogP contribution in [0.15, 0.2) is 29.2 Å². The molecule has 0 aliphatic carbocycles. The van der Waals surface area contributed by atoms with Gasteiger partial charge in [-0.2, -0.15) is 5.26 Å². The van der Waals surface area contributed by atoms with E-state index in [0.29, 0.717) is 0 Å². The van der Waals surface area contributed by atoms with E-state index in [0.717, 1.165) is 22.3 Å². The molecular formula is C8H6N2S2. The largest absolute Gasteiger partial charge is 0.353 e. The van der Waals surface area contributed by atoms with E-state index in [2.05, 4.69) is 17.5 Å². The van der Waals surface area contributed by atoms with Crippen LogP contribution in [0.2, 0.25) is 0 Å². The number of hydrogen-bond donors (Lipinski definition) is 1. The highest BCUT2D eigenvalue weighted by molar-refractivity contribution is 8.03. The van der Waals surface area contributed by atoms with Crippen molar-refractivity contribution >= 4 is 35.2 Å². The van der Waals surface area contributed by atoms with Gasteiger partial charge in [0.15, 0.2) is 0 Å². The van der Waals surface area contributed by atoms with Crippen LogP contribution in [0.25, 0.3) is 0 Å². The summed E-state index contributed by atoms with van der Waals surface area (Å²) in [6.07, 6.45) is 0. The summed E-state index contributed by atoms with van der Waals surface area (Å²) in [6.45, 7) is 0. The quantitative estimate of drug-likeness (QED) is 0.456. The number of benzene rings is 1. The zero-order valence-corrected chi connectivity index (χ0v) is 7.78. The van der Waals surface area contributed by atoms with E-state index in [1.807, 2.05) is 29.7 Å². The lowest BCUT2D eigenvalue weighted by atomic mass is 10.3. The van der Waals surface area contributed by atoms with E-state index in [4.69, 9.17) is 5.26 Å². The van der Waals surface area contributed by atoms with Crippen molar-refractivity contribution in [3.8, 4) is 5.40 Å². The lowest BCUT2D eigenvalue weighted by Crippen LogP contribution is -1.90. The summed E-state index contributed by atoms with van der Waals surface area (Å²) in [6, 6.07) is 7.50. The van der Waals surface area contributed by atoms with Gasteiger partial charge in [0.05, 0.1) is 5.49 Å². The van der Waals surface area contributed by atoms with Gasteiger partial charge in [-0.3, -0.25) is 0 Å². The molecule has 0 heterocycles. The second kappa shape index (κ2) is 4.75. The van der Waals surface area contributed by atoms with Gasteiger partial charge in [0.25, 0.3) is 0 Å². The van der Waals surface area contributed by atoms with Gasteiger partial charge in [-0.05, 0) is 36.0 Å². The minimum atomic E-state index is 0.937. The molecule has 0 aromatic heterocycles. The summed E-state index contributed by atoms with van der Waals surface area (Å²) in [5.41, 5.74) is 2.39. The summed E-state index contributed by atoms with van der Waals surface area (Å²) < 4.78 is 0. The van der Waals surface area contributed by atoms with Crippen molar-refractivity contribution in [1.82, 2.24) is 0 Å². The second-order valence-corrected chi connectivity index (χ2v) is 3.07. The molecule has 0 amide bonds. The molecule has 0 bridgehead atoms. The maximum absolute atomic E-state index is 8.37. The molecule has 1 aromatic rings. The van der Waals surface area contributed by atoms with Gasteiger partial charge in [-0.15, -0.1) is 0 Å². The molecule has 2 nitrogen and oxygen atoms in total. The van der Waals surface area contributed by atoms with E-state index >= 15 is 0 Å². The van der Waals surface area contributed by atoms with Gasteiger partial charge in [0.2, 0.25) is 0 Å². The number of hydrogen-bond acceptors (Lipinski definition) is 3. The van der Waals surface area contributed by atoms with Gasteiger partial charge in [0, 0.05) is 10.6 Å². The van der Waals surface area contributed by atoms with Crippen LogP contribution in [0.4, 0.5) is 5.69 Å². The van der Waals surface area contributed by atoms with Gasteiger partial charge < -0.3 is 5.32 Å². The lowest BCUT2D eigenvalue weighted by Gasteiger charge is -1.98. The highest BCUT2D eigenvalue weighted by Gasteiger charge is 1.91. The second-order valence-electron chi connectivity index (χ2n) is 1.98. The first-order valence-electron chi connectivity index (χ1n) is 3.23. The molecule has 1 rings (SSSR count). The standard InChI is InChI=1S/C8H6N2S2/c9-5-12-8-3-1-7(2-4-8)10-6-11/h1-4,6H,(H,10,11). The predicted molar refractivity (Wildman–Crippen MR) is 55.2 cm³/mol. The zero-order chi connectivity index (χ0) is 8.81. The highest BCUT2D eigenvalue weighted by Crippen LogP contribution is 2.18. The SMILES string of the molecule is N#CSc1ccc(NC=S)cc1.